The molecule has 0 saturated carbocycles. The van der Waals surface area contributed by atoms with E-state index in [-0.39, 0.29) is 0 Å². The molecule has 0 amide bonds. The van der Waals surface area contributed by atoms with E-state index in [9.17, 15) is 0 Å². The third-order valence-corrected chi connectivity index (χ3v) is 6.61. The van der Waals surface area contributed by atoms with E-state index in [0.717, 1.165) is 12.0 Å². The van der Waals surface area contributed by atoms with Crippen molar-refractivity contribution in [2.75, 3.05) is 58.9 Å². The lowest BCUT2D eigenvalue weighted by molar-refractivity contribution is -0.0141. The molecule has 0 N–H and O–H groups in total. The van der Waals surface area contributed by atoms with Gasteiger partial charge in [0.25, 0.3) is 0 Å². The molecule has 0 aromatic rings. The van der Waals surface area contributed by atoms with E-state index in [2.05, 4.69) is 54.2 Å². The molecule has 140 valence electrons. The maximum atomic E-state index is 2.75. The summed E-state index contributed by atoms with van der Waals surface area (Å²) in [4.78, 5) is 10.8. The topological polar surface area (TPSA) is 13.0 Å². The lowest BCUT2D eigenvalue weighted by Gasteiger charge is -2.50. The van der Waals surface area contributed by atoms with Gasteiger partial charge >= 0.3 is 0 Å². The van der Waals surface area contributed by atoms with Crippen molar-refractivity contribution < 1.29 is 0 Å². The van der Waals surface area contributed by atoms with Gasteiger partial charge in [0, 0.05) is 63.4 Å². The maximum absolute atomic E-state index is 2.75. The molecule has 0 aromatic heterocycles. The Morgan fingerprint density at radius 1 is 0.875 bits per heavy atom. The molecular formula is C20H40N4. The van der Waals surface area contributed by atoms with Crippen LogP contribution in [0, 0.1) is 5.92 Å². The van der Waals surface area contributed by atoms with Crippen molar-refractivity contribution in [3.05, 3.63) is 0 Å². The molecule has 0 bridgehead atoms. The van der Waals surface area contributed by atoms with Gasteiger partial charge in [0.15, 0.2) is 0 Å². The second-order valence-electron chi connectivity index (χ2n) is 9.64. The zero-order valence-corrected chi connectivity index (χ0v) is 16.8. The van der Waals surface area contributed by atoms with Gasteiger partial charge in [0.1, 0.15) is 0 Å². The van der Waals surface area contributed by atoms with Crippen LogP contribution in [0.2, 0.25) is 0 Å². The second-order valence-corrected chi connectivity index (χ2v) is 9.64. The lowest BCUT2D eigenvalue weighted by Crippen LogP contribution is -2.64. The minimum atomic E-state index is 0.352. The van der Waals surface area contributed by atoms with Gasteiger partial charge in [-0.1, -0.05) is 0 Å². The van der Waals surface area contributed by atoms with Crippen LogP contribution < -0.4 is 0 Å². The van der Waals surface area contributed by atoms with Crippen LogP contribution in [0.4, 0.5) is 0 Å². The average molecular weight is 337 g/mol. The van der Waals surface area contributed by atoms with E-state index in [4.69, 9.17) is 0 Å². The first-order valence-corrected chi connectivity index (χ1v) is 10.3. The van der Waals surface area contributed by atoms with Crippen LogP contribution in [0.25, 0.3) is 0 Å². The molecule has 0 atom stereocenters. The van der Waals surface area contributed by atoms with E-state index in [1.165, 1.54) is 71.7 Å². The molecule has 24 heavy (non-hydrogen) atoms. The van der Waals surface area contributed by atoms with Crippen molar-refractivity contribution in [1.29, 1.82) is 0 Å². The number of likely N-dealkylation sites (tertiary alicyclic amines) is 2. The molecule has 0 aliphatic carbocycles. The number of hydrogen-bond acceptors (Lipinski definition) is 4. The Morgan fingerprint density at radius 2 is 1.46 bits per heavy atom. The zero-order valence-electron chi connectivity index (χ0n) is 16.8. The summed E-state index contributed by atoms with van der Waals surface area (Å²) in [6.45, 7) is 23.4. The molecule has 0 aromatic carbocycles. The van der Waals surface area contributed by atoms with Gasteiger partial charge in [-0.25, -0.2) is 0 Å². The monoisotopic (exact) mass is 336 g/mol. The predicted molar refractivity (Wildman–Crippen MR) is 103 cm³/mol. The van der Waals surface area contributed by atoms with Gasteiger partial charge in [0.05, 0.1) is 0 Å². The normalized spacial score (nSPS) is 27.8. The Balaban J connectivity index is 1.32. The molecule has 3 heterocycles. The molecule has 3 aliphatic heterocycles. The van der Waals surface area contributed by atoms with Crippen LogP contribution in [-0.2, 0) is 0 Å². The fourth-order valence-corrected chi connectivity index (χ4v) is 4.69. The molecule has 0 spiro atoms. The van der Waals surface area contributed by atoms with Crippen molar-refractivity contribution in [1.82, 2.24) is 19.6 Å². The molecule has 3 rings (SSSR count). The summed E-state index contributed by atoms with van der Waals surface area (Å²) in [5.41, 5.74) is 0.352. The molecule has 0 unspecified atom stereocenters. The van der Waals surface area contributed by atoms with Crippen LogP contribution >= 0.6 is 0 Å². The van der Waals surface area contributed by atoms with Gasteiger partial charge in [-0.2, -0.15) is 0 Å². The van der Waals surface area contributed by atoms with Gasteiger partial charge in [0.2, 0.25) is 0 Å². The average Bonchev–Trinajstić information content (AvgIpc) is 2.50. The van der Waals surface area contributed by atoms with Crippen LogP contribution in [-0.4, -0.2) is 96.1 Å². The third-order valence-electron chi connectivity index (χ3n) is 6.61. The Morgan fingerprint density at radius 3 is 1.96 bits per heavy atom. The first kappa shape index (κ1) is 18.6. The summed E-state index contributed by atoms with van der Waals surface area (Å²) >= 11 is 0. The first-order chi connectivity index (χ1) is 11.3. The van der Waals surface area contributed by atoms with Crippen molar-refractivity contribution in [2.24, 2.45) is 5.92 Å². The van der Waals surface area contributed by atoms with Gasteiger partial charge in [-0.05, 0) is 66.5 Å². The summed E-state index contributed by atoms with van der Waals surface area (Å²) in [7, 11) is 0. The van der Waals surface area contributed by atoms with Crippen LogP contribution in [0.3, 0.4) is 0 Å². The summed E-state index contributed by atoms with van der Waals surface area (Å²) in [6, 6.07) is 1.55. The highest BCUT2D eigenvalue weighted by Crippen LogP contribution is 2.26. The molecule has 4 nitrogen and oxygen atoms in total. The van der Waals surface area contributed by atoms with Crippen molar-refractivity contribution in [3.8, 4) is 0 Å². The minimum Gasteiger partial charge on any atom is -0.300 e. The quantitative estimate of drug-likeness (QED) is 0.780. The van der Waals surface area contributed by atoms with Gasteiger partial charge in [-0.3, -0.25) is 19.6 Å². The molecule has 0 radical (unpaired) electrons. The smallest absolute Gasteiger partial charge is 0.0351 e. The summed E-state index contributed by atoms with van der Waals surface area (Å²) in [6.07, 6.45) is 2.79. The molecule has 4 heteroatoms. The summed E-state index contributed by atoms with van der Waals surface area (Å²) in [5.74, 6) is 0.933. The largest absolute Gasteiger partial charge is 0.300 e. The standard InChI is InChI=1S/C20H40N4/c1-17(2)22-10-12-23(13-11-22)19-15-21(16-19)14-18-6-8-24(9-7-18)20(3,4)5/h17-19H,6-16H2,1-5H3. The van der Waals surface area contributed by atoms with Crippen molar-refractivity contribution >= 4 is 0 Å². The SMILES string of the molecule is CC(C)N1CCN(C2CN(CC3CCN(C(C)(C)C)CC3)C2)CC1. The molecular weight excluding hydrogens is 296 g/mol. The van der Waals surface area contributed by atoms with Gasteiger partial charge < -0.3 is 0 Å². The van der Waals surface area contributed by atoms with Crippen molar-refractivity contribution in [3.63, 3.8) is 0 Å². The van der Waals surface area contributed by atoms with Gasteiger partial charge in [-0.15, -0.1) is 0 Å². The number of piperidine rings is 1. The molecule has 3 aliphatic rings. The fraction of sp³-hybridized carbons (Fsp3) is 1.00. The highest BCUT2D eigenvalue weighted by Gasteiger charge is 2.35. The summed E-state index contributed by atoms with van der Waals surface area (Å²) in [5, 5.41) is 0. The van der Waals surface area contributed by atoms with E-state index in [0.29, 0.717) is 11.6 Å². The second kappa shape index (κ2) is 7.61. The first-order valence-electron chi connectivity index (χ1n) is 10.3. The Labute approximate surface area is 150 Å². The van der Waals surface area contributed by atoms with E-state index in [1.54, 1.807) is 0 Å². The van der Waals surface area contributed by atoms with Crippen LogP contribution in [0.15, 0.2) is 0 Å². The highest BCUT2D eigenvalue weighted by atomic mass is 15.4. The Hall–Kier alpha value is -0.160. The Bertz CT molecular complexity index is 381. The van der Waals surface area contributed by atoms with Crippen LogP contribution in [0.5, 0.6) is 0 Å². The number of hydrogen-bond donors (Lipinski definition) is 0. The van der Waals surface area contributed by atoms with Crippen molar-refractivity contribution in [2.45, 2.75) is 65.1 Å². The molecule has 3 fully saturated rings. The highest BCUT2D eigenvalue weighted by molar-refractivity contribution is 4.92. The third kappa shape index (κ3) is 4.51. The fourth-order valence-electron chi connectivity index (χ4n) is 4.69. The number of rotatable bonds is 4. The Kier molecular flexibility index (Phi) is 5.90. The lowest BCUT2D eigenvalue weighted by atomic mass is 9.91. The minimum absolute atomic E-state index is 0.352. The van der Waals surface area contributed by atoms with Crippen LogP contribution in [0.1, 0.15) is 47.5 Å². The zero-order chi connectivity index (χ0) is 17.3. The number of nitrogens with zero attached hydrogens (tertiary/aromatic N) is 4. The summed E-state index contributed by atoms with van der Waals surface area (Å²) < 4.78 is 0. The van der Waals surface area contributed by atoms with E-state index in [1.807, 2.05) is 0 Å². The van der Waals surface area contributed by atoms with E-state index < -0.39 is 0 Å². The van der Waals surface area contributed by atoms with E-state index >= 15 is 0 Å². The molecule has 3 saturated heterocycles. The number of piperazine rings is 1. The maximum Gasteiger partial charge on any atom is 0.0351 e. The predicted octanol–water partition coefficient (Wildman–Crippen LogP) is 2.21.